The van der Waals surface area contributed by atoms with Crippen molar-refractivity contribution in [1.29, 1.82) is 0 Å². The molecular formula is C26H33N3O5. The van der Waals surface area contributed by atoms with Crippen LogP contribution in [0, 0.1) is 11.8 Å². The first-order valence-electron chi connectivity index (χ1n) is 11.7. The van der Waals surface area contributed by atoms with E-state index in [2.05, 4.69) is 10.2 Å². The summed E-state index contributed by atoms with van der Waals surface area (Å²) < 4.78 is 12.4. The zero-order valence-corrected chi connectivity index (χ0v) is 19.9. The molecule has 1 aromatic carbocycles. The van der Waals surface area contributed by atoms with Crippen LogP contribution >= 0.6 is 0 Å². The summed E-state index contributed by atoms with van der Waals surface area (Å²) in [6.45, 7) is 3.49. The van der Waals surface area contributed by atoms with Gasteiger partial charge in [0.15, 0.2) is 0 Å². The van der Waals surface area contributed by atoms with E-state index in [1.807, 2.05) is 49.4 Å². The minimum absolute atomic E-state index is 0.0697. The van der Waals surface area contributed by atoms with Gasteiger partial charge < -0.3 is 24.5 Å². The predicted octanol–water partition coefficient (Wildman–Crippen LogP) is 1.82. The highest BCUT2D eigenvalue weighted by Crippen LogP contribution is 2.49. The highest BCUT2D eigenvalue weighted by Gasteiger charge is 2.55. The number of methoxy groups -OCH3 is 2. The predicted molar refractivity (Wildman–Crippen MR) is 129 cm³/mol. The van der Waals surface area contributed by atoms with Crippen LogP contribution in [0.15, 0.2) is 47.3 Å². The molecule has 8 heteroatoms. The lowest BCUT2D eigenvalue weighted by molar-refractivity contribution is -0.127. The van der Waals surface area contributed by atoms with Crippen molar-refractivity contribution in [2.75, 3.05) is 34.0 Å². The number of nitrogens with one attached hydrogen (secondary N) is 1. The van der Waals surface area contributed by atoms with Crippen molar-refractivity contribution in [1.82, 2.24) is 14.8 Å². The lowest BCUT2D eigenvalue weighted by Crippen LogP contribution is -2.46. The molecule has 1 amide bonds. The summed E-state index contributed by atoms with van der Waals surface area (Å²) in [6, 6.07) is 11.1. The number of para-hydroxylation sites is 1. The van der Waals surface area contributed by atoms with Crippen LogP contribution in [0.1, 0.15) is 29.8 Å². The standard InChI is InChI=1S/C26H33N3O5/c1-4-7-17-10-11-20-24-23(25(31)27-12-13-33-2)19(16-30)21(15-29(20)26(17)32)28(24)14-18-8-5-6-9-22(18)34-3/h4-11,19,21,23-24,30H,12-16H2,1-3H3,(H,27,31)/b7-4-/t19-,21-,23+,24+/m0/s1. The number of pyridine rings is 1. The molecule has 8 nitrogen and oxygen atoms in total. The summed E-state index contributed by atoms with van der Waals surface area (Å²) in [5.74, 6) is -0.170. The molecule has 1 saturated heterocycles. The molecule has 1 fully saturated rings. The van der Waals surface area contributed by atoms with Crippen molar-refractivity contribution in [3.63, 3.8) is 0 Å². The van der Waals surface area contributed by atoms with Gasteiger partial charge in [-0.1, -0.05) is 30.4 Å². The van der Waals surface area contributed by atoms with E-state index in [0.717, 1.165) is 17.0 Å². The molecule has 2 aliphatic heterocycles. The van der Waals surface area contributed by atoms with Crippen molar-refractivity contribution in [3.8, 4) is 5.75 Å². The van der Waals surface area contributed by atoms with Gasteiger partial charge in [-0.3, -0.25) is 14.5 Å². The van der Waals surface area contributed by atoms with Gasteiger partial charge in [-0.2, -0.15) is 0 Å². The van der Waals surface area contributed by atoms with Gasteiger partial charge in [0.1, 0.15) is 5.75 Å². The fourth-order valence-corrected chi connectivity index (χ4v) is 5.49. The molecule has 1 aromatic heterocycles. The Kier molecular flexibility index (Phi) is 7.50. The van der Waals surface area contributed by atoms with E-state index in [1.54, 1.807) is 24.9 Å². The normalized spacial score (nSPS) is 23.8. The lowest BCUT2D eigenvalue weighted by Gasteiger charge is -2.38. The molecule has 2 aromatic rings. The van der Waals surface area contributed by atoms with Crippen LogP contribution in [0.25, 0.3) is 6.08 Å². The van der Waals surface area contributed by atoms with Gasteiger partial charge in [-0.15, -0.1) is 0 Å². The number of hydrogen-bond acceptors (Lipinski definition) is 6. The first-order chi connectivity index (χ1) is 16.5. The van der Waals surface area contributed by atoms with E-state index >= 15 is 0 Å². The lowest BCUT2D eigenvalue weighted by atomic mass is 9.86. The second-order valence-corrected chi connectivity index (χ2v) is 8.78. The number of benzene rings is 1. The van der Waals surface area contributed by atoms with Crippen LogP contribution in [0.3, 0.4) is 0 Å². The molecule has 2 bridgehead atoms. The van der Waals surface area contributed by atoms with E-state index in [4.69, 9.17) is 9.47 Å². The molecule has 0 saturated carbocycles. The third kappa shape index (κ3) is 4.29. The maximum absolute atomic E-state index is 13.4. The summed E-state index contributed by atoms with van der Waals surface area (Å²) in [5.41, 5.74) is 2.34. The molecule has 2 N–H and O–H groups in total. The topological polar surface area (TPSA) is 93.0 Å². The number of aliphatic hydroxyl groups excluding tert-OH is 1. The summed E-state index contributed by atoms with van der Waals surface area (Å²) in [5, 5.41) is 13.4. The van der Waals surface area contributed by atoms with E-state index in [1.165, 1.54) is 0 Å². The molecule has 4 atom stereocenters. The Balaban J connectivity index is 1.79. The summed E-state index contributed by atoms with van der Waals surface area (Å²) >= 11 is 0. The van der Waals surface area contributed by atoms with Crippen molar-refractivity contribution in [3.05, 3.63) is 69.6 Å². The molecule has 3 heterocycles. The zero-order valence-electron chi connectivity index (χ0n) is 19.9. The average Bonchev–Trinajstić information content (AvgIpc) is 3.05. The Labute approximate surface area is 199 Å². The maximum atomic E-state index is 13.4. The number of amides is 1. The van der Waals surface area contributed by atoms with Gasteiger partial charge in [0.05, 0.1) is 25.7 Å². The Morgan fingerprint density at radius 2 is 2.03 bits per heavy atom. The molecule has 2 aliphatic rings. The Bertz CT molecular complexity index is 1110. The summed E-state index contributed by atoms with van der Waals surface area (Å²) in [7, 11) is 3.23. The SMILES string of the molecule is C/C=C\c1ccc2n(c1=O)C[C@H]1[C@H](CO)[C@@H](C(=O)NCCOC)[C@@H]2N1Cc1ccccc1OC. The van der Waals surface area contributed by atoms with Crippen LogP contribution in [0.2, 0.25) is 0 Å². The second-order valence-electron chi connectivity index (χ2n) is 8.78. The average molecular weight is 468 g/mol. The second kappa shape index (κ2) is 10.5. The van der Waals surface area contributed by atoms with Crippen molar-refractivity contribution >= 4 is 12.0 Å². The van der Waals surface area contributed by atoms with E-state index in [0.29, 0.717) is 31.8 Å². The van der Waals surface area contributed by atoms with Gasteiger partial charge in [0.2, 0.25) is 5.91 Å². The largest absolute Gasteiger partial charge is 0.496 e. The number of aromatic nitrogens is 1. The fourth-order valence-electron chi connectivity index (χ4n) is 5.49. The van der Waals surface area contributed by atoms with Crippen molar-refractivity contribution in [2.45, 2.75) is 32.1 Å². The van der Waals surface area contributed by atoms with Crippen LogP contribution in [-0.4, -0.2) is 60.5 Å². The van der Waals surface area contributed by atoms with Crippen molar-refractivity contribution in [2.24, 2.45) is 11.8 Å². The quantitative estimate of drug-likeness (QED) is 0.547. The number of fused-ring (bicyclic) bond motifs is 4. The minimum atomic E-state index is -0.498. The van der Waals surface area contributed by atoms with Crippen LogP contribution in [0.4, 0.5) is 0 Å². The van der Waals surface area contributed by atoms with Gasteiger partial charge in [0.25, 0.3) is 5.56 Å². The monoisotopic (exact) mass is 467 g/mol. The van der Waals surface area contributed by atoms with E-state index < -0.39 is 5.92 Å². The first kappa shape index (κ1) is 24.2. The van der Waals surface area contributed by atoms with E-state index in [9.17, 15) is 14.7 Å². The summed E-state index contributed by atoms with van der Waals surface area (Å²) in [4.78, 5) is 28.9. The number of allylic oxidation sites excluding steroid dienone is 1. The third-order valence-corrected chi connectivity index (χ3v) is 7.00. The van der Waals surface area contributed by atoms with Gasteiger partial charge in [-0.05, 0) is 25.1 Å². The smallest absolute Gasteiger partial charge is 0.258 e. The number of carbonyl (C=O) groups excluding carboxylic acids is 1. The van der Waals surface area contributed by atoms with Crippen LogP contribution < -0.4 is 15.6 Å². The highest BCUT2D eigenvalue weighted by molar-refractivity contribution is 5.80. The highest BCUT2D eigenvalue weighted by atomic mass is 16.5. The summed E-state index contributed by atoms with van der Waals surface area (Å²) in [6.07, 6.45) is 3.65. The molecule has 0 aliphatic carbocycles. The molecular weight excluding hydrogens is 434 g/mol. The Morgan fingerprint density at radius 3 is 2.74 bits per heavy atom. The van der Waals surface area contributed by atoms with Crippen LogP contribution in [0.5, 0.6) is 5.75 Å². The molecule has 0 spiro atoms. The Morgan fingerprint density at radius 1 is 1.24 bits per heavy atom. The third-order valence-electron chi connectivity index (χ3n) is 7.00. The number of carbonyl (C=O) groups is 1. The van der Waals surface area contributed by atoms with Gasteiger partial charge >= 0.3 is 0 Å². The number of rotatable bonds is 9. The van der Waals surface area contributed by atoms with Crippen LogP contribution in [-0.2, 0) is 22.6 Å². The van der Waals surface area contributed by atoms with E-state index in [-0.39, 0.29) is 36.1 Å². The van der Waals surface area contributed by atoms with Crippen molar-refractivity contribution < 1.29 is 19.4 Å². The molecule has 0 radical (unpaired) electrons. The molecule has 4 rings (SSSR count). The first-order valence-corrected chi connectivity index (χ1v) is 11.7. The molecule has 182 valence electrons. The Hall–Kier alpha value is -2.94. The minimum Gasteiger partial charge on any atom is -0.496 e. The number of ether oxygens (including phenoxy) is 2. The molecule has 34 heavy (non-hydrogen) atoms. The zero-order chi connectivity index (χ0) is 24.2. The van der Waals surface area contributed by atoms with Gasteiger partial charge in [0, 0.05) is 62.1 Å². The fraction of sp³-hybridized carbons (Fsp3) is 0.462. The number of aliphatic hydroxyl groups is 1. The van der Waals surface area contributed by atoms with Gasteiger partial charge in [-0.25, -0.2) is 0 Å². The molecule has 0 unspecified atom stereocenters. The number of hydrogen-bond donors (Lipinski definition) is 2. The number of nitrogens with zero attached hydrogens (tertiary/aromatic N) is 2. The maximum Gasteiger partial charge on any atom is 0.258 e.